The van der Waals surface area contributed by atoms with E-state index in [4.69, 9.17) is 5.11 Å². The van der Waals surface area contributed by atoms with Gasteiger partial charge in [-0.3, -0.25) is 4.79 Å². The van der Waals surface area contributed by atoms with Crippen molar-refractivity contribution in [3.05, 3.63) is 0 Å². The van der Waals surface area contributed by atoms with Crippen LogP contribution in [0.15, 0.2) is 0 Å². The molecule has 0 aromatic carbocycles. The van der Waals surface area contributed by atoms with Crippen molar-refractivity contribution >= 4 is 5.97 Å². The molecule has 0 radical (unpaired) electrons. The summed E-state index contributed by atoms with van der Waals surface area (Å²) in [5, 5.41) is 19.3. The third kappa shape index (κ3) is 2.51. The van der Waals surface area contributed by atoms with Gasteiger partial charge in [0.25, 0.3) is 0 Å². The van der Waals surface area contributed by atoms with Crippen LogP contribution in [0.2, 0.25) is 0 Å². The number of hydrogen-bond donors (Lipinski definition) is 2. The Morgan fingerprint density at radius 1 is 1.47 bits per heavy atom. The molecule has 0 aromatic rings. The lowest BCUT2D eigenvalue weighted by atomic mass is 9.60. The van der Waals surface area contributed by atoms with Crippen molar-refractivity contribution in [3.8, 4) is 0 Å². The first-order chi connectivity index (χ1) is 6.90. The maximum atomic E-state index is 11.0. The van der Waals surface area contributed by atoms with Gasteiger partial charge in [0, 0.05) is 0 Å². The molecule has 3 heteroatoms. The van der Waals surface area contributed by atoms with Gasteiger partial charge in [0.1, 0.15) is 0 Å². The summed E-state index contributed by atoms with van der Waals surface area (Å²) in [6.07, 6.45) is 2.70. The summed E-state index contributed by atoms with van der Waals surface area (Å²) in [6.45, 7) is 6.21. The van der Waals surface area contributed by atoms with Crippen molar-refractivity contribution in [2.75, 3.05) is 0 Å². The van der Waals surface area contributed by atoms with E-state index in [1.165, 1.54) is 0 Å². The van der Waals surface area contributed by atoms with Gasteiger partial charge in [0.2, 0.25) is 0 Å². The van der Waals surface area contributed by atoms with Gasteiger partial charge in [0.05, 0.1) is 11.5 Å². The van der Waals surface area contributed by atoms with Crippen LogP contribution in [0.3, 0.4) is 0 Å². The summed E-state index contributed by atoms with van der Waals surface area (Å²) < 4.78 is 0. The highest BCUT2D eigenvalue weighted by atomic mass is 16.4. The maximum absolute atomic E-state index is 11.0. The van der Waals surface area contributed by atoms with Crippen LogP contribution in [0, 0.1) is 17.8 Å². The van der Waals surface area contributed by atoms with Gasteiger partial charge in [0.15, 0.2) is 0 Å². The maximum Gasteiger partial charge on any atom is 0.309 e. The molecule has 1 aliphatic carbocycles. The van der Waals surface area contributed by atoms with Crippen LogP contribution < -0.4 is 0 Å². The molecular weight excluding hydrogens is 192 g/mol. The van der Waals surface area contributed by atoms with Crippen LogP contribution >= 0.6 is 0 Å². The largest absolute Gasteiger partial charge is 0.481 e. The molecule has 88 valence electrons. The quantitative estimate of drug-likeness (QED) is 0.738. The van der Waals surface area contributed by atoms with E-state index in [1.54, 1.807) is 0 Å². The van der Waals surface area contributed by atoms with E-state index in [2.05, 4.69) is 13.8 Å². The Hall–Kier alpha value is -0.570. The van der Waals surface area contributed by atoms with E-state index in [9.17, 15) is 9.90 Å². The summed E-state index contributed by atoms with van der Waals surface area (Å²) >= 11 is 0. The Kier molecular flexibility index (Phi) is 3.77. The Bertz CT molecular complexity index is 229. The highest BCUT2D eigenvalue weighted by Crippen LogP contribution is 2.47. The number of carbonyl (C=O) groups is 1. The molecule has 0 amide bonds. The van der Waals surface area contributed by atoms with Crippen LogP contribution in [0.1, 0.15) is 46.5 Å². The molecule has 2 N–H and O–H groups in total. The van der Waals surface area contributed by atoms with E-state index in [0.29, 0.717) is 31.1 Å². The predicted octanol–water partition coefficient (Wildman–Crippen LogP) is 2.28. The molecule has 0 aliphatic heterocycles. The van der Waals surface area contributed by atoms with Crippen LogP contribution in [-0.4, -0.2) is 21.8 Å². The zero-order chi connectivity index (χ0) is 11.6. The van der Waals surface area contributed by atoms with E-state index >= 15 is 0 Å². The van der Waals surface area contributed by atoms with Gasteiger partial charge in [-0.25, -0.2) is 0 Å². The molecule has 15 heavy (non-hydrogen) atoms. The van der Waals surface area contributed by atoms with Crippen molar-refractivity contribution < 1.29 is 15.0 Å². The molecular formula is C12H22O3. The topological polar surface area (TPSA) is 57.5 Å². The van der Waals surface area contributed by atoms with Gasteiger partial charge < -0.3 is 10.2 Å². The third-order valence-corrected chi connectivity index (χ3v) is 3.70. The molecule has 1 saturated carbocycles. The van der Waals surface area contributed by atoms with Gasteiger partial charge in [-0.15, -0.1) is 0 Å². The molecule has 0 spiro atoms. The van der Waals surface area contributed by atoms with Crippen molar-refractivity contribution in [1.29, 1.82) is 0 Å². The number of aliphatic carboxylic acids is 1. The number of carboxylic acids is 1. The van der Waals surface area contributed by atoms with E-state index < -0.39 is 17.5 Å². The van der Waals surface area contributed by atoms with Crippen LogP contribution in [0.25, 0.3) is 0 Å². The highest BCUT2D eigenvalue weighted by molar-refractivity contribution is 5.71. The zero-order valence-corrected chi connectivity index (χ0v) is 9.86. The van der Waals surface area contributed by atoms with Crippen molar-refractivity contribution in [2.45, 2.75) is 52.1 Å². The SMILES string of the molecule is CCCC(C(=O)O)C1(O)CC(C(C)C)C1. The smallest absolute Gasteiger partial charge is 0.309 e. The Balaban J connectivity index is 2.58. The van der Waals surface area contributed by atoms with E-state index in [-0.39, 0.29) is 0 Å². The second-order valence-corrected chi connectivity index (χ2v) is 5.20. The van der Waals surface area contributed by atoms with Gasteiger partial charge >= 0.3 is 5.97 Å². The molecule has 0 bridgehead atoms. The summed E-state index contributed by atoms with van der Waals surface area (Å²) in [4.78, 5) is 11.0. The summed E-state index contributed by atoms with van der Waals surface area (Å²) in [6, 6.07) is 0. The molecule has 3 nitrogen and oxygen atoms in total. The Morgan fingerprint density at radius 2 is 2.00 bits per heavy atom. The van der Waals surface area contributed by atoms with Gasteiger partial charge in [-0.1, -0.05) is 27.2 Å². The average molecular weight is 214 g/mol. The minimum Gasteiger partial charge on any atom is -0.481 e. The van der Waals surface area contributed by atoms with E-state index in [0.717, 1.165) is 6.42 Å². The second-order valence-electron chi connectivity index (χ2n) is 5.20. The molecule has 0 heterocycles. The van der Waals surface area contributed by atoms with Crippen LogP contribution in [0.4, 0.5) is 0 Å². The Labute approximate surface area is 91.5 Å². The van der Waals surface area contributed by atoms with Gasteiger partial charge in [-0.05, 0) is 31.1 Å². The molecule has 1 aliphatic rings. The standard InChI is InChI=1S/C12H22O3/c1-4-5-10(11(13)14)12(15)6-9(7-12)8(2)3/h8-10,15H,4-7H2,1-3H3,(H,13,14). The lowest BCUT2D eigenvalue weighted by Crippen LogP contribution is -2.53. The molecule has 0 saturated heterocycles. The molecule has 1 atom stereocenters. The monoisotopic (exact) mass is 214 g/mol. The first kappa shape index (κ1) is 12.5. The summed E-state index contributed by atoms with van der Waals surface area (Å²) in [5.74, 6) is -0.380. The van der Waals surface area contributed by atoms with Crippen LogP contribution in [0.5, 0.6) is 0 Å². The highest BCUT2D eigenvalue weighted by Gasteiger charge is 2.51. The minimum absolute atomic E-state index is 0.494. The molecule has 1 rings (SSSR count). The normalized spacial score (nSPS) is 32.5. The molecule has 0 aromatic heterocycles. The first-order valence-corrected chi connectivity index (χ1v) is 5.86. The summed E-state index contributed by atoms with van der Waals surface area (Å²) in [5.41, 5.74) is -0.934. The van der Waals surface area contributed by atoms with Gasteiger partial charge in [-0.2, -0.15) is 0 Å². The average Bonchev–Trinajstić information content (AvgIpc) is 2.08. The van der Waals surface area contributed by atoms with Crippen molar-refractivity contribution in [3.63, 3.8) is 0 Å². The lowest BCUT2D eigenvalue weighted by Gasteiger charge is -2.48. The second kappa shape index (κ2) is 4.52. The number of aliphatic hydroxyl groups is 1. The zero-order valence-electron chi connectivity index (χ0n) is 9.86. The first-order valence-electron chi connectivity index (χ1n) is 5.86. The van der Waals surface area contributed by atoms with Crippen molar-refractivity contribution in [2.24, 2.45) is 17.8 Å². The molecule has 1 fully saturated rings. The fourth-order valence-corrected chi connectivity index (χ4v) is 2.51. The van der Waals surface area contributed by atoms with Crippen molar-refractivity contribution in [1.82, 2.24) is 0 Å². The number of hydrogen-bond acceptors (Lipinski definition) is 2. The lowest BCUT2D eigenvalue weighted by molar-refractivity contribution is -0.171. The number of carboxylic acid groups (broad SMARTS) is 1. The molecule has 1 unspecified atom stereocenters. The number of rotatable bonds is 5. The van der Waals surface area contributed by atoms with E-state index in [1.807, 2.05) is 6.92 Å². The fourth-order valence-electron chi connectivity index (χ4n) is 2.51. The Morgan fingerprint density at radius 3 is 2.33 bits per heavy atom. The van der Waals surface area contributed by atoms with Crippen LogP contribution in [-0.2, 0) is 4.79 Å². The predicted molar refractivity (Wildman–Crippen MR) is 58.5 cm³/mol. The third-order valence-electron chi connectivity index (χ3n) is 3.70. The fraction of sp³-hybridized carbons (Fsp3) is 0.917. The summed E-state index contributed by atoms with van der Waals surface area (Å²) in [7, 11) is 0. The minimum atomic E-state index is -0.934.